The first-order valence-electron chi connectivity index (χ1n) is 9.12. The minimum Gasteiger partial charge on any atom is -0.497 e. The summed E-state index contributed by atoms with van der Waals surface area (Å²) in [6, 6.07) is 14.4. The highest BCUT2D eigenvalue weighted by Gasteiger charge is 2.24. The second-order valence-corrected chi connectivity index (χ2v) is 6.97. The van der Waals surface area contributed by atoms with Gasteiger partial charge >= 0.3 is 0 Å². The Balaban J connectivity index is 1.43. The Labute approximate surface area is 169 Å². The van der Waals surface area contributed by atoms with E-state index in [4.69, 9.17) is 21.1 Å². The van der Waals surface area contributed by atoms with E-state index in [0.717, 1.165) is 11.3 Å². The molecule has 1 fully saturated rings. The van der Waals surface area contributed by atoms with Crippen molar-refractivity contribution in [3.8, 4) is 11.5 Å². The third-order valence-electron chi connectivity index (χ3n) is 4.68. The Bertz CT molecular complexity index is 800. The summed E-state index contributed by atoms with van der Waals surface area (Å²) in [5.41, 5.74) is 0.945. The lowest BCUT2D eigenvalue weighted by atomic mass is 10.1. The van der Waals surface area contributed by atoms with Crippen LogP contribution in [0.1, 0.15) is 5.56 Å². The van der Waals surface area contributed by atoms with Crippen molar-refractivity contribution < 1.29 is 19.1 Å². The molecule has 0 saturated carbocycles. The molecule has 2 aromatic carbocycles. The van der Waals surface area contributed by atoms with Crippen molar-refractivity contribution in [2.75, 3.05) is 39.9 Å². The number of amides is 2. The van der Waals surface area contributed by atoms with E-state index in [-0.39, 0.29) is 18.4 Å². The number of carbonyl (C=O) groups excluding carboxylic acids is 2. The molecule has 0 atom stereocenters. The van der Waals surface area contributed by atoms with Gasteiger partial charge in [-0.05, 0) is 42.0 Å². The van der Waals surface area contributed by atoms with Crippen molar-refractivity contribution in [1.82, 2.24) is 9.80 Å². The van der Waals surface area contributed by atoms with Crippen molar-refractivity contribution in [3.05, 3.63) is 59.1 Å². The molecule has 0 aliphatic carbocycles. The number of hydrogen-bond acceptors (Lipinski definition) is 4. The molecule has 28 heavy (non-hydrogen) atoms. The lowest BCUT2D eigenvalue weighted by molar-refractivity contribution is -0.140. The topological polar surface area (TPSA) is 59.1 Å². The van der Waals surface area contributed by atoms with Gasteiger partial charge in [-0.25, -0.2) is 0 Å². The second kappa shape index (κ2) is 9.46. The number of nitrogens with zero attached hydrogens (tertiary/aromatic N) is 2. The SMILES string of the molecule is COc1ccc(CC(=O)N2CCN(C(=O)COc3ccc(Cl)cc3)CC2)cc1. The van der Waals surface area contributed by atoms with Crippen LogP contribution in [0.25, 0.3) is 0 Å². The third-order valence-corrected chi connectivity index (χ3v) is 4.93. The number of halogens is 1. The Morgan fingerprint density at radius 2 is 1.39 bits per heavy atom. The molecule has 2 aromatic rings. The lowest BCUT2D eigenvalue weighted by Gasteiger charge is -2.34. The summed E-state index contributed by atoms with van der Waals surface area (Å²) in [6.45, 7) is 2.05. The number of benzene rings is 2. The predicted octanol–water partition coefficient (Wildman–Crippen LogP) is 2.64. The summed E-state index contributed by atoms with van der Waals surface area (Å²) < 4.78 is 10.6. The van der Waals surface area contributed by atoms with Gasteiger partial charge in [0.15, 0.2) is 6.61 Å². The largest absolute Gasteiger partial charge is 0.497 e. The maximum absolute atomic E-state index is 12.5. The molecular weight excluding hydrogens is 380 g/mol. The first-order chi connectivity index (χ1) is 13.5. The fourth-order valence-electron chi connectivity index (χ4n) is 3.00. The average Bonchev–Trinajstić information content (AvgIpc) is 2.73. The maximum atomic E-state index is 12.5. The van der Waals surface area contributed by atoms with E-state index < -0.39 is 0 Å². The summed E-state index contributed by atoms with van der Waals surface area (Å²) in [4.78, 5) is 28.3. The molecule has 0 radical (unpaired) electrons. The van der Waals surface area contributed by atoms with Crippen LogP contribution in [0.15, 0.2) is 48.5 Å². The molecular formula is C21H23ClN2O4. The van der Waals surface area contributed by atoms with Crippen molar-refractivity contribution in [2.24, 2.45) is 0 Å². The van der Waals surface area contributed by atoms with Gasteiger partial charge in [0, 0.05) is 31.2 Å². The quantitative estimate of drug-likeness (QED) is 0.745. The van der Waals surface area contributed by atoms with Crippen LogP contribution in [0.3, 0.4) is 0 Å². The zero-order valence-corrected chi connectivity index (χ0v) is 16.5. The molecule has 148 valence electrons. The molecule has 0 N–H and O–H groups in total. The first kappa shape index (κ1) is 20.0. The minimum absolute atomic E-state index is 0.0264. The Morgan fingerprint density at radius 1 is 0.857 bits per heavy atom. The normalized spacial score (nSPS) is 13.9. The van der Waals surface area contributed by atoms with E-state index in [9.17, 15) is 9.59 Å². The van der Waals surface area contributed by atoms with Gasteiger partial charge in [-0.15, -0.1) is 0 Å². The van der Waals surface area contributed by atoms with Crippen LogP contribution >= 0.6 is 11.6 Å². The standard InChI is InChI=1S/C21H23ClN2O4/c1-27-18-6-2-16(3-7-18)14-20(25)23-10-12-24(13-11-23)21(26)15-28-19-8-4-17(22)5-9-19/h2-9H,10-15H2,1H3. The van der Waals surface area contributed by atoms with Gasteiger partial charge in [-0.1, -0.05) is 23.7 Å². The number of methoxy groups -OCH3 is 1. The van der Waals surface area contributed by atoms with Gasteiger partial charge in [0.2, 0.25) is 5.91 Å². The highest BCUT2D eigenvalue weighted by Crippen LogP contribution is 2.16. The van der Waals surface area contributed by atoms with E-state index in [1.165, 1.54) is 0 Å². The second-order valence-electron chi connectivity index (χ2n) is 6.53. The maximum Gasteiger partial charge on any atom is 0.260 e. The van der Waals surface area contributed by atoms with Crippen LogP contribution in [0.2, 0.25) is 5.02 Å². The number of ether oxygens (including phenoxy) is 2. The van der Waals surface area contributed by atoms with Crippen LogP contribution in [0, 0.1) is 0 Å². The molecule has 0 unspecified atom stereocenters. The summed E-state index contributed by atoms with van der Waals surface area (Å²) >= 11 is 5.83. The van der Waals surface area contributed by atoms with Crippen LogP contribution in [0.5, 0.6) is 11.5 Å². The average molecular weight is 403 g/mol. The highest BCUT2D eigenvalue weighted by molar-refractivity contribution is 6.30. The molecule has 0 spiro atoms. The Morgan fingerprint density at radius 3 is 1.96 bits per heavy atom. The van der Waals surface area contributed by atoms with Crippen LogP contribution in [0.4, 0.5) is 0 Å². The van der Waals surface area contributed by atoms with Gasteiger partial charge in [-0.3, -0.25) is 9.59 Å². The van der Waals surface area contributed by atoms with Crippen LogP contribution < -0.4 is 9.47 Å². The number of carbonyl (C=O) groups is 2. The van der Waals surface area contributed by atoms with Crippen LogP contribution in [-0.2, 0) is 16.0 Å². The van der Waals surface area contributed by atoms with Gasteiger partial charge in [-0.2, -0.15) is 0 Å². The molecule has 1 heterocycles. The van der Waals surface area contributed by atoms with E-state index in [0.29, 0.717) is 43.4 Å². The number of piperazine rings is 1. The monoisotopic (exact) mass is 402 g/mol. The molecule has 6 nitrogen and oxygen atoms in total. The molecule has 7 heteroatoms. The zero-order valence-electron chi connectivity index (χ0n) is 15.8. The van der Waals surface area contributed by atoms with Crippen molar-refractivity contribution in [2.45, 2.75) is 6.42 Å². The minimum atomic E-state index is -0.0859. The fourth-order valence-corrected chi connectivity index (χ4v) is 3.13. The zero-order chi connectivity index (χ0) is 19.9. The molecule has 1 aliphatic rings. The summed E-state index contributed by atoms with van der Waals surface area (Å²) in [7, 11) is 1.61. The molecule has 0 bridgehead atoms. The fraction of sp³-hybridized carbons (Fsp3) is 0.333. The summed E-state index contributed by atoms with van der Waals surface area (Å²) in [5.74, 6) is 1.35. The molecule has 2 amide bonds. The van der Waals surface area contributed by atoms with E-state index >= 15 is 0 Å². The number of rotatable bonds is 6. The van der Waals surface area contributed by atoms with Gasteiger partial charge in [0.25, 0.3) is 5.91 Å². The Kier molecular flexibility index (Phi) is 6.76. The number of hydrogen-bond donors (Lipinski definition) is 0. The highest BCUT2D eigenvalue weighted by atomic mass is 35.5. The molecule has 3 rings (SSSR count). The molecule has 0 aromatic heterocycles. The van der Waals surface area contributed by atoms with E-state index in [1.807, 2.05) is 24.3 Å². The van der Waals surface area contributed by atoms with Crippen molar-refractivity contribution >= 4 is 23.4 Å². The Hall–Kier alpha value is -2.73. The molecule has 1 aliphatic heterocycles. The summed E-state index contributed by atoms with van der Waals surface area (Å²) in [6.07, 6.45) is 0.345. The lowest BCUT2D eigenvalue weighted by Crippen LogP contribution is -2.52. The van der Waals surface area contributed by atoms with Gasteiger partial charge in [0.1, 0.15) is 11.5 Å². The first-order valence-corrected chi connectivity index (χ1v) is 9.50. The van der Waals surface area contributed by atoms with Gasteiger partial charge in [0.05, 0.1) is 13.5 Å². The molecule has 1 saturated heterocycles. The predicted molar refractivity (Wildman–Crippen MR) is 107 cm³/mol. The van der Waals surface area contributed by atoms with E-state index in [1.54, 1.807) is 41.2 Å². The smallest absolute Gasteiger partial charge is 0.260 e. The summed E-state index contributed by atoms with van der Waals surface area (Å²) in [5, 5.41) is 0.620. The van der Waals surface area contributed by atoms with Gasteiger partial charge < -0.3 is 19.3 Å². The van der Waals surface area contributed by atoms with Crippen molar-refractivity contribution in [1.29, 1.82) is 0 Å². The third kappa shape index (κ3) is 5.39. The van der Waals surface area contributed by atoms with Crippen LogP contribution in [-0.4, -0.2) is 61.5 Å². The van der Waals surface area contributed by atoms with E-state index in [2.05, 4.69) is 0 Å². The van der Waals surface area contributed by atoms with Crippen molar-refractivity contribution in [3.63, 3.8) is 0 Å².